The highest BCUT2D eigenvalue weighted by atomic mass is 16.5. The molecule has 0 unspecified atom stereocenters. The molecule has 1 aliphatic carbocycles. The summed E-state index contributed by atoms with van der Waals surface area (Å²) < 4.78 is 4.98. The van der Waals surface area contributed by atoms with Gasteiger partial charge >= 0.3 is 5.97 Å². The lowest BCUT2D eigenvalue weighted by atomic mass is 10.1. The van der Waals surface area contributed by atoms with Gasteiger partial charge < -0.3 is 14.7 Å². The van der Waals surface area contributed by atoms with Gasteiger partial charge in [0, 0.05) is 11.3 Å². The third-order valence-electron chi connectivity index (χ3n) is 3.42. The summed E-state index contributed by atoms with van der Waals surface area (Å²) in [6.45, 7) is 3.10. The van der Waals surface area contributed by atoms with E-state index in [-0.39, 0.29) is 23.9 Å². The van der Waals surface area contributed by atoms with Crippen LogP contribution in [0.3, 0.4) is 0 Å². The predicted molar refractivity (Wildman–Crippen MR) is 72.6 cm³/mol. The molecule has 7 heteroatoms. The zero-order valence-electron chi connectivity index (χ0n) is 12.0. The number of carbonyl (C=O) groups is 2. The smallest absolute Gasteiger partial charge is 0.323 e. The lowest BCUT2D eigenvalue weighted by molar-refractivity contribution is -0.137. The summed E-state index contributed by atoms with van der Waals surface area (Å²) >= 11 is 0. The molecule has 2 rings (SSSR count). The molecule has 0 amide bonds. The largest absolute Gasteiger partial charge is 0.493 e. The normalized spacial score (nSPS) is 22.1. The Balaban J connectivity index is 2.52. The summed E-state index contributed by atoms with van der Waals surface area (Å²) in [7, 11) is 1.38. The number of aliphatic carboxylic acids is 1. The first-order valence-corrected chi connectivity index (χ1v) is 6.25. The number of methoxy groups -OCH3 is 1. The topological polar surface area (TPSA) is 90.3 Å². The van der Waals surface area contributed by atoms with Crippen molar-refractivity contribution in [2.24, 2.45) is 0 Å². The van der Waals surface area contributed by atoms with E-state index in [0.717, 1.165) is 5.06 Å². The highest BCUT2D eigenvalue weighted by Gasteiger charge is 2.32. The number of hydrogen-bond donors (Lipinski definition) is 2. The van der Waals surface area contributed by atoms with Gasteiger partial charge in [-0.05, 0) is 32.1 Å². The molecule has 0 atom stereocenters. The summed E-state index contributed by atoms with van der Waals surface area (Å²) in [5, 5.41) is 20.1. The van der Waals surface area contributed by atoms with Crippen LogP contribution >= 0.6 is 0 Å². The minimum absolute atomic E-state index is 0.130. The number of ketones is 1. The Morgan fingerprint density at radius 3 is 2.52 bits per heavy atom. The van der Waals surface area contributed by atoms with Gasteiger partial charge in [-0.2, -0.15) is 0 Å². The Kier molecular flexibility index (Phi) is 3.86. The van der Waals surface area contributed by atoms with Crippen LogP contribution in [-0.4, -0.2) is 45.7 Å². The average Bonchev–Trinajstić information content (AvgIpc) is 2.64. The monoisotopic (exact) mass is 292 g/mol. The first-order valence-electron chi connectivity index (χ1n) is 6.25. The molecule has 112 valence electrons. The maximum Gasteiger partial charge on any atom is 0.323 e. The molecule has 0 aromatic rings. The summed E-state index contributed by atoms with van der Waals surface area (Å²) in [5.41, 5.74) is 1.64. The van der Waals surface area contributed by atoms with Crippen LogP contribution in [0.25, 0.3) is 0 Å². The van der Waals surface area contributed by atoms with Crippen LogP contribution in [0.15, 0.2) is 46.8 Å². The molecule has 1 heterocycles. The molecule has 21 heavy (non-hydrogen) atoms. The second-order valence-electron chi connectivity index (χ2n) is 4.65. The number of carboxylic acid groups (broad SMARTS) is 1. The minimum Gasteiger partial charge on any atom is -0.493 e. The van der Waals surface area contributed by atoms with E-state index in [2.05, 4.69) is 0 Å². The van der Waals surface area contributed by atoms with Crippen LogP contribution < -0.4 is 0 Å². The van der Waals surface area contributed by atoms with Gasteiger partial charge in [0.05, 0.1) is 12.8 Å². The molecule has 0 spiro atoms. The molecule has 1 aliphatic heterocycles. The van der Waals surface area contributed by atoms with Gasteiger partial charge in [-0.3, -0.25) is 14.8 Å². The van der Waals surface area contributed by atoms with Crippen LogP contribution in [-0.2, 0) is 14.3 Å². The van der Waals surface area contributed by atoms with Gasteiger partial charge in [-0.25, -0.2) is 5.06 Å². The van der Waals surface area contributed by atoms with Crippen molar-refractivity contribution in [2.75, 3.05) is 13.7 Å². The first kappa shape index (κ1) is 14.9. The van der Waals surface area contributed by atoms with Gasteiger partial charge in [-0.1, -0.05) is 0 Å². The quantitative estimate of drug-likeness (QED) is 0.808. The molecule has 2 aliphatic rings. The van der Waals surface area contributed by atoms with Crippen molar-refractivity contribution >= 4 is 11.8 Å². The molecule has 0 bridgehead atoms. The number of rotatable bonds is 3. The second kappa shape index (κ2) is 5.45. The van der Waals surface area contributed by atoms with Crippen molar-refractivity contribution in [3.63, 3.8) is 0 Å². The van der Waals surface area contributed by atoms with Gasteiger partial charge in [0.25, 0.3) is 0 Å². The van der Waals surface area contributed by atoms with Crippen molar-refractivity contribution in [3.8, 4) is 0 Å². The van der Waals surface area contributed by atoms with E-state index < -0.39 is 5.97 Å². The Morgan fingerprint density at radius 1 is 1.29 bits per heavy atom. The maximum atomic E-state index is 11.6. The van der Waals surface area contributed by atoms with Crippen molar-refractivity contribution < 1.29 is 24.6 Å². The zero-order chi connectivity index (χ0) is 15.7. The molecule has 0 saturated heterocycles. The third kappa shape index (κ3) is 2.55. The van der Waals surface area contributed by atoms with E-state index in [4.69, 9.17) is 9.84 Å². The Labute approximate surface area is 121 Å². The number of allylic oxidation sites excluding steroid dienone is 6. The molecule has 2 N–H and O–H groups in total. The summed E-state index contributed by atoms with van der Waals surface area (Å²) in [6.07, 6.45) is 4.31. The average molecular weight is 292 g/mol. The van der Waals surface area contributed by atoms with Crippen molar-refractivity contribution in [1.29, 1.82) is 0 Å². The molecule has 0 radical (unpaired) electrons. The van der Waals surface area contributed by atoms with E-state index >= 15 is 0 Å². The lowest BCUT2D eigenvalue weighted by Gasteiger charge is -2.24. The highest BCUT2D eigenvalue weighted by molar-refractivity contribution is 6.04. The summed E-state index contributed by atoms with van der Waals surface area (Å²) in [4.78, 5) is 24.0. The number of ether oxygens (including phenoxy) is 1. The third-order valence-corrected chi connectivity index (χ3v) is 3.42. The van der Waals surface area contributed by atoms with Crippen LogP contribution in [0.5, 0.6) is 0 Å². The van der Waals surface area contributed by atoms with Crippen molar-refractivity contribution in [3.05, 3.63) is 46.8 Å². The minimum atomic E-state index is -1.03. The van der Waals surface area contributed by atoms with Gasteiger partial charge in [-0.15, -0.1) is 0 Å². The van der Waals surface area contributed by atoms with Gasteiger partial charge in [0.15, 0.2) is 5.76 Å². The number of carbonyl (C=O) groups excluding carboxylic acids is 1. The fourth-order valence-corrected chi connectivity index (χ4v) is 2.19. The van der Waals surface area contributed by atoms with E-state index in [1.165, 1.54) is 30.2 Å². The SMILES string of the molecule is COC1=C/C(=C2/N(O)C(C)=C(C)N2CC(=O)O)C=CC1=O. The molecule has 0 fully saturated rings. The molecule has 7 nitrogen and oxygen atoms in total. The predicted octanol–water partition coefficient (Wildman–Crippen LogP) is 1.21. The Bertz CT molecular complexity index is 627. The van der Waals surface area contributed by atoms with E-state index in [1.807, 2.05) is 0 Å². The van der Waals surface area contributed by atoms with Crippen molar-refractivity contribution in [2.45, 2.75) is 13.8 Å². The van der Waals surface area contributed by atoms with Crippen LogP contribution in [0.2, 0.25) is 0 Å². The van der Waals surface area contributed by atoms with Gasteiger partial charge in [0.2, 0.25) is 5.78 Å². The lowest BCUT2D eigenvalue weighted by Crippen LogP contribution is -2.29. The van der Waals surface area contributed by atoms with E-state index in [9.17, 15) is 14.8 Å². The number of carboxylic acids is 1. The van der Waals surface area contributed by atoms with Crippen LogP contribution in [0, 0.1) is 0 Å². The number of hydrogen-bond acceptors (Lipinski definition) is 6. The fraction of sp³-hybridized carbons (Fsp3) is 0.286. The molecule has 0 aromatic heterocycles. The Hall–Kier alpha value is -2.54. The number of nitrogens with zero attached hydrogens (tertiary/aromatic N) is 2. The van der Waals surface area contributed by atoms with Crippen LogP contribution in [0.1, 0.15) is 13.8 Å². The van der Waals surface area contributed by atoms with Gasteiger partial charge in [0.1, 0.15) is 12.4 Å². The van der Waals surface area contributed by atoms with Crippen LogP contribution in [0.4, 0.5) is 0 Å². The second-order valence-corrected chi connectivity index (χ2v) is 4.65. The van der Waals surface area contributed by atoms with Crippen molar-refractivity contribution in [1.82, 2.24) is 9.96 Å². The standard InChI is InChI=1S/C14H16N2O5/c1-8-9(2)16(20)14(15(8)7-13(18)19)10-4-5-11(17)12(6-10)21-3/h4-6,20H,7H2,1-3H3,(H,18,19)/b14-10+. The summed E-state index contributed by atoms with van der Waals surface area (Å²) in [5.74, 6) is -0.894. The first-order chi connectivity index (χ1) is 9.86. The molecule has 0 aromatic carbocycles. The fourth-order valence-electron chi connectivity index (χ4n) is 2.19. The molecular weight excluding hydrogens is 276 g/mol. The highest BCUT2D eigenvalue weighted by Crippen LogP contribution is 2.33. The maximum absolute atomic E-state index is 11.6. The molecular formula is C14H16N2O5. The number of hydroxylamine groups is 2. The van der Waals surface area contributed by atoms with E-state index in [0.29, 0.717) is 17.0 Å². The zero-order valence-corrected chi connectivity index (χ0v) is 12.0. The van der Waals surface area contributed by atoms with E-state index in [1.54, 1.807) is 13.8 Å². The molecule has 0 saturated carbocycles. The summed E-state index contributed by atoms with van der Waals surface area (Å²) in [6, 6.07) is 0. The Morgan fingerprint density at radius 2 is 1.95 bits per heavy atom.